The van der Waals surface area contributed by atoms with Crippen LogP contribution >= 0.6 is 0 Å². The molecule has 1 aromatic carbocycles. The molecule has 0 unspecified atom stereocenters. The summed E-state index contributed by atoms with van der Waals surface area (Å²) in [6.07, 6.45) is 6.48. The Labute approximate surface area is 104 Å². The van der Waals surface area contributed by atoms with E-state index in [2.05, 4.69) is 12.2 Å². The number of hydrogen-bond donors (Lipinski definition) is 1. The normalized spacial score (nSPS) is 10.2. The van der Waals surface area contributed by atoms with E-state index in [0.717, 1.165) is 17.8 Å². The summed E-state index contributed by atoms with van der Waals surface area (Å²) in [6.45, 7) is 4.84. The Morgan fingerprint density at radius 1 is 1.06 bits per heavy atom. The third kappa shape index (κ3) is 5.53. The van der Waals surface area contributed by atoms with Crippen molar-refractivity contribution < 1.29 is 4.79 Å². The van der Waals surface area contributed by atoms with Crippen molar-refractivity contribution in [3.63, 3.8) is 0 Å². The van der Waals surface area contributed by atoms with Gasteiger partial charge in [0.25, 0.3) is 0 Å². The van der Waals surface area contributed by atoms with E-state index in [4.69, 9.17) is 0 Å². The molecule has 94 valence electrons. The minimum Gasteiger partial charge on any atom is -0.385 e. The molecule has 0 aliphatic rings. The lowest BCUT2D eigenvalue weighted by molar-refractivity contribution is 0.101. The Bertz CT molecular complexity index is 329. The number of anilines is 1. The lowest BCUT2D eigenvalue weighted by Crippen LogP contribution is -2.01. The first-order valence-corrected chi connectivity index (χ1v) is 6.59. The zero-order chi connectivity index (χ0) is 12.5. The fourth-order valence-corrected chi connectivity index (χ4v) is 1.78. The largest absolute Gasteiger partial charge is 0.385 e. The van der Waals surface area contributed by atoms with Gasteiger partial charge in [0.1, 0.15) is 0 Å². The van der Waals surface area contributed by atoms with Crippen LogP contribution in [0.1, 0.15) is 56.3 Å². The molecular weight excluding hydrogens is 210 g/mol. The van der Waals surface area contributed by atoms with Crippen LogP contribution in [0.2, 0.25) is 0 Å². The van der Waals surface area contributed by atoms with Crippen LogP contribution in [-0.2, 0) is 0 Å². The molecule has 0 aromatic heterocycles. The molecule has 0 spiro atoms. The second-order valence-corrected chi connectivity index (χ2v) is 4.47. The fourth-order valence-electron chi connectivity index (χ4n) is 1.78. The molecule has 0 radical (unpaired) electrons. The first-order valence-electron chi connectivity index (χ1n) is 6.59. The predicted molar refractivity (Wildman–Crippen MR) is 73.7 cm³/mol. The number of ketones is 1. The molecule has 2 nitrogen and oxygen atoms in total. The van der Waals surface area contributed by atoms with Crippen LogP contribution in [-0.4, -0.2) is 12.3 Å². The van der Waals surface area contributed by atoms with Gasteiger partial charge in [0.05, 0.1) is 0 Å². The monoisotopic (exact) mass is 233 g/mol. The van der Waals surface area contributed by atoms with Crippen LogP contribution in [0, 0.1) is 0 Å². The van der Waals surface area contributed by atoms with E-state index in [0.29, 0.717) is 0 Å². The van der Waals surface area contributed by atoms with E-state index >= 15 is 0 Å². The quantitative estimate of drug-likeness (QED) is 0.536. The van der Waals surface area contributed by atoms with E-state index in [-0.39, 0.29) is 5.78 Å². The molecule has 0 saturated carbocycles. The maximum Gasteiger partial charge on any atom is 0.159 e. The zero-order valence-corrected chi connectivity index (χ0v) is 11.0. The summed E-state index contributed by atoms with van der Waals surface area (Å²) < 4.78 is 0. The van der Waals surface area contributed by atoms with Crippen LogP contribution in [0.15, 0.2) is 24.3 Å². The molecule has 1 N–H and O–H groups in total. The van der Waals surface area contributed by atoms with Crippen molar-refractivity contribution >= 4 is 11.5 Å². The maximum absolute atomic E-state index is 11.1. The van der Waals surface area contributed by atoms with Crippen molar-refractivity contribution in [3.8, 4) is 0 Å². The fraction of sp³-hybridized carbons (Fsp3) is 0.533. The van der Waals surface area contributed by atoms with Crippen molar-refractivity contribution in [1.29, 1.82) is 0 Å². The van der Waals surface area contributed by atoms with Gasteiger partial charge >= 0.3 is 0 Å². The van der Waals surface area contributed by atoms with Gasteiger partial charge < -0.3 is 5.32 Å². The molecule has 1 rings (SSSR count). The van der Waals surface area contributed by atoms with Gasteiger partial charge in [-0.05, 0) is 37.6 Å². The van der Waals surface area contributed by atoms with Gasteiger partial charge in [-0.3, -0.25) is 4.79 Å². The molecule has 0 fully saturated rings. The molecule has 17 heavy (non-hydrogen) atoms. The van der Waals surface area contributed by atoms with Gasteiger partial charge in [-0.1, -0.05) is 32.6 Å². The van der Waals surface area contributed by atoms with Crippen LogP contribution in [0.3, 0.4) is 0 Å². The summed E-state index contributed by atoms with van der Waals surface area (Å²) in [4.78, 5) is 11.1. The number of Topliss-reactive ketones (excluding diaryl/α,β-unsaturated/α-hetero) is 1. The van der Waals surface area contributed by atoms with Gasteiger partial charge in [-0.15, -0.1) is 0 Å². The van der Waals surface area contributed by atoms with E-state index in [1.807, 2.05) is 24.3 Å². The summed E-state index contributed by atoms with van der Waals surface area (Å²) in [5, 5.41) is 3.38. The predicted octanol–water partition coefficient (Wildman–Crippen LogP) is 4.27. The van der Waals surface area contributed by atoms with Gasteiger partial charge in [0.2, 0.25) is 0 Å². The molecule has 2 heteroatoms. The highest BCUT2D eigenvalue weighted by molar-refractivity contribution is 5.94. The third-order valence-electron chi connectivity index (χ3n) is 2.90. The summed E-state index contributed by atoms with van der Waals surface area (Å²) in [5.41, 5.74) is 1.88. The Morgan fingerprint density at radius 3 is 2.29 bits per heavy atom. The number of rotatable bonds is 8. The summed E-state index contributed by atoms with van der Waals surface area (Å²) >= 11 is 0. The van der Waals surface area contributed by atoms with Crippen molar-refractivity contribution in [2.45, 2.75) is 46.0 Å². The average molecular weight is 233 g/mol. The van der Waals surface area contributed by atoms with Gasteiger partial charge in [-0.25, -0.2) is 0 Å². The van der Waals surface area contributed by atoms with Crippen molar-refractivity contribution in [2.75, 3.05) is 11.9 Å². The van der Waals surface area contributed by atoms with Gasteiger partial charge in [0.15, 0.2) is 5.78 Å². The Balaban J connectivity index is 2.21. The highest BCUT2D eigenvalue weighted by Gasteiger charge is 1.98. The molecule has 0 aliphatic heterocycles. The van der Waals surface area contributed by atoms with Gasteiger partial charge in [-0.2, -0.15) is 0 Å². The second kappa shape index (κ2) is 7.88. The highest BCUT2D eigenvalue weighted by atomic mass is 16.1. The second-order valence-electron chi connectivity index (χ2n) is 4.47. The Kier molecular flexibility index (Phi) is 6.38. The van der Waals surface area contributed by atoms with Crippen LogP contribution < -0.4 is 5.32 Å². The molecule has 0 heterocycles. The topological polar surface area (TPSA) is 29.1 Å². The van der Waals surface area contributed by atoms with Crippen molar-refractivity contribution in [1.82, 2.24) is 0 Å². The number of unbranched alkanes of at least 4 members (excludes halogenated alkanes) is 4. The van der Waals surface area contributed by atoms with E-state index < -0.39 is 0 Å². The summed E-state index contributed by atoms with van der Waals surface area (Å²) in [6, 6.07) is 7.70. The average Bonchev–Trinajstić information content (AvgIpc) is 2.34. The van der Waals surface area contributed by atoms with Crippen LogP contribution in [0.4, 0.5) is 5.69 Å². The molecular formula is C15H23NO. The number of carbonyl (C=O) groups is 1. The minimum atomic E-state index is 0.121. The lowest BCUT2D eigenvalue weighted by atomic mass is 10.1. The highest BCUT2D eigenvalue weighted by Crippen LogP contribution is 2.10. The van der Waals surface area contributed by atoms with Crippen molar-refractivity contribution in [3.05, 3.63) is 29.8 Å². The number of nitrogens with one attached hydrogen (secondary N) is 1. The van der Waals surface area contributed by atoms with E-state index in [1.165, 1.54) is 32.1 Å². The number of benzene rings is 1. The Hall–Kier alpha value is -1.31. The molecule has 0 atom stereocenters. The first-order chi connectivity index (χ1) is 8.24. The third-order valence-corrected chi connectivity index (χ3v) is 2.90. The molecule has 0 amide bonds. The van der Waals surface area contributed by atoms with E-state index in [1.54, 1.807) is 6.92 Å². The SMILES string of the molecule is CCCCCCCNc1ccc(C(C)=O)cc1. The summed E-state index contributed by atoms with van der Waals surface area (Å²) in [7, 11) is 0. The van der Waals surface area contributed by atoms with Crippen LogP contribution in [0.5, 0.6) is 0 Å². The zero-order valence-electron chi connectivity index (χ0n) is 11.0. The summed E-state index contributed by atoms with van der Waals surface area (Å²) in [5.74, 6) is 0.121. The van der Waals surface area contributed by atoms with E-state index in [9.17, 15) is 4.79 Å². The van der Waals surface area contributed by atoms with Crippen LogP contribution in [0.25, 0.3) is 0 Å². The molecule has 0 aliphatic carbocycles. The standard InChI is InChI=1S/C15H23NO/c1-3-4-5-6-7-12-16-15-10-8-14(9-11-15)13(2)17/h8-11,16H,3-7,12H2,1-2H3. The molecule has 1 aromatic rings. The Morgan fingerprint density at radius 2 is 1.71 bits per heavy atom. The first kappa shape index (κ1) is 13.8. The molecule has 0 bridgehead atoms. The molecule has 0 saturated heterocycles. The van der Waals surface area contributed by atoms with Crippen molar-refractivity contribution in [2.24, 2.45) is 0 Å². The lowest BCUT2D eigenvalue weighted by Gasteiger charge is -2.06. The minimum absolute atomic E-state index is 0.121. The number of carbonyl (C=O) groups excluding carboxylic acids is 1. The van der Waals surface area contributed by atoms with Gasteiger partial charge in [0, 0.05) is 17.8 Å². The number of hydrogen-bond acceptors (Lipinski definition) is 2. The smallest absolute Gasteiger partial charge is 0.159 e. The maximum atomic E-state index is 11.1.